The fourth-order valence-electron chi connectivity index (χ4n) is 3.67. The van der Waals surface area contributed by atoms with Gasteiger partial charge in [-0.05, 0) is 50.3 Å². The van der Waals surface area contributed by atoms with E-state index in [1.165, 1.54) is 12.1 Å². The summed E-state index contributed by atoms with van der Waals surface area (Å²) in [6, 6.07) is 3.74. The Hall–Kier alpha value is -2.94. The molecular weight excluding hydrogens is 490 g/mol. The first kappa shape index (κ1) is 33.1. The Bertz CT molecular complexity index is 885. The third-order valence-electron chi connectivity index (χ3n) is 5.88. The molecule has 0 aliphatic rings. The van der Waals surface area contributed by atoms with Crippen LogP contribution in [0.4, 0.5) is 0 Å². The Morgan fingerprint density at radius 3 is 1.89 bits per heavy atom. The van der Waals surface area contributed by atoms with Crippen LogP contribution in [0.15, 0.2) is 18.2 Å². The largest absolute Gasteiger partial charge is 0.480 e. The third kappa shape index (κ3) is 14.1. The van der Waals surface area contributed by atoms with Crippen LogP contribution in [0.5, 0.6) is 11.5 Å². The highest BCUT2D eigenvalue weighted by Crippen LogP contribution is 2.30. The molecule has 1 rings (SSSR count). The Kier molecular flexibility index (Phi) is 16.7. The maximum absolute atomic E-state index is 12.4. The van der Waals surface area contributed by atoms with Crippen molar-refractivity contribution in [2.75, 3.05) is 6.54 Å². The number of benzene rings is 1. The molecule has 2 atom stereocenters. The highest BCUT2D eigenvalue weighted by atomic mass is 16.6. The van der Waals surface area contributed by atoms with E-state index in [2.05, 4.69) is 5.32 Å². The number of carbonyl (C=O) groups is 4. The van der Waals surface area contributed by atoms with Crippen molar-refractivity contribution in [3.05, 3.63) is 23.8 Å². The zero-order valence-corrected chi connectivity index (χ0v) is 23.4. The maximum atomic E-state index is 12.4. The summed E-state index contributed by atoms with van der Waals surface area (Å²) >= 11 is 0. The van der Waals surface area contributed by atoms with E-state index in [4.69, 9.17) is 14.2 Å². The quantitative estimate of drug-likeness (QED) is 0.129. The van der Waals surface area contributed by atoms with Crippen LogP contribution in [0.25, 0.3) is 0 Å². The molecule has 0 saturated heterocycles. The van der Waals surface area contributed by atoms with E-state index >= 15 is 0 Å². The minimum Gasteiger partial charge on any atom is -0.480 e. The summed E-state index contributed by atoms with van der Waals surface area (Å²) in [4.78, 5) is 48.4. The second-order valence-corrected chi connectivity index (χ2v) is 9.55. The number of nitrogens with one attached hydrogen (secondary N) is 1. The number of hydrogen-bond donors (Lipinski definition) is 2. The van der Waals surface area contributed by atoms with Crippen LogP contribution >= 0.6 is 0 Å². The summed E-state index contributed by atoms with van der Waals surface area (Å²) in [5.74, 6) is -2.01. The molecular formula is C29H45NO8. The number of carbonyl (C=O) groups excluding carboxylic acids is 3. The van der Waals surface area contributed by atoms with Crippen LogP contribution in [0, 0.1) is 0 Å². The van der Waals surface area contributed by atoms with Crippen LogP contribution in [-0.4, -0.2) is 47.7 Å². The number of carboxylic acids is 1. The normalized spacial score (nSPS) is 12.4. The molecule has 9 heteroatoms. The summed E-state index contributed by atoms with van der Waals surface area (Å²) in [5.41, 5.74) is 0.583. The van der Waals surface area contributed by atoms with E-state index in [0.717, 1.165) is 38.5 Å². The van der Waals surface area contributed by atoms with Gasteiger partial charge < -0.3 is 24.6 Å². The predicted molar refractivity (Wildman–Crippen MR) is 144 cm³/mol. The Morgan fingerprint density at radius 2 is 1.34 bits per heavy atom. The SMILES string of the molecule is CCCCCC(=O)Oc1ccc(C[C@H](NCC(C)OC(=O)CCCC)C(=O)O)cc1OC(=O)CCCCC. The summed E-state index contributed by atoms with van der Waals surface area (Å²) in [6.07, 6.45) is 7.17. The first-order chi connectivity index (χ1) is 18.2. The average molecular weight is 536 g/mol. The van der Waals surface area contributed by atoms with Gasteiger partial charge in [0.1, 0.15) is 12.1 Å². The van der Waals surface area contributed by atoms with Gasteiger partial charge in [-0.1, -0.05) is 58.9 Å². The Labute approximate surface area is 226 Å². The van der Waals surface area contributed by atoms with Crippen molar-refractivity contribution in [2.24, 2.45) is 0 Å². The van der Waals surface area contributed by atoms with Gasteiger partial charge in [0.2, 0.25) is 0 Å². The number of ether oxygens (including phenoxy) is 3. The average Bonchev–Trinajstić information content (AvgIpc) is 2.86. The van der Waals surface area contributed by atoms with Gasteiger partial charge in [-0.15, -0.1) is 0 Å². The number of carboxylic acid groups (broad SMARTS) is 1. The highest BCUT2D eigenvalue weighted by molar-refractivity contribution is 5.77. The summed E-state index contributed by atoms with van der Waals surface area (Å²) in [6.45, 7) is 7.94. The molecule has 0 bridgehead atoms. The highest BCUT2D eigenvalue weighted by Gasteiger charge is 2.22. The van der Waals surface area contributed by atoms with Crippen molar-refractivity contribution in [3.8, 4) is 11.5 Å². The lowest BCUT2D eigenvalue weighted by Crippen LogP contribution is -2.42. The smallest absolute Gasteiger partial charge is 0.321 e. The van der Waals surface area contributed by atoms with Crippen LogP contribution in [0.3, 0.4) is 0 Å². The van der Waals surface area contributed by atoms with E-state index in [1.807, 2.05) is 20.8 Å². The van der Waals surface area contributed by atoms with Crippen molar-refractivity contribution >= 4 is 23.9 Å². The molecule has 1 aromatic rings. The monoisotopic (exact) mass is 535 g/mol. The molecule has 1 unspecified atom stereocenters. The molecule has 9 nitrogen and oxygen atoms in total. The molecule has 0 aliphatic heterocycles. The molecule has 0 radical (unpaired) electrons. The zero-order chi connectivity index (χ0) is 28.3. The van der Waals surface area contributed by atoms with Crippen LogP contribution in [0.2, 0.25) is 0 Å². The summed E-state index contributed by atoms with van der Waals surface area (Å²) in [5, 5.41) is 12.7. The molecule has 0 saturated carbocycles. The first-order valence-electron chi connectivity index (χ1n) is 13.9. The second kappa shape index (κ2) is 19.2. The second-order valence-electron chi connectivity index (χ2n) is 9.55. The van der Waals surface area contributed by atoms with E-state index in [9.17, 15) is 24.3 Å². The van der Waals surface area contributed by atoms with Gasteiger partial charge in [0, 0.05) is 25.8 Å². The Balaban J connectivity index is 2.93. The van der Waals surface area contributed by atoms with E-state index in [0.29, 0.717) is 24.8 Å². The van der Waals surface area contributed by atoms with Crippen molar-refractivity contribution in [3.63, 3.8) is 0 Å². The molecule has 38 heavy (non-hydrogen) atoms. The van der Waals surface area contributed by atoms with E-state index in [1.54, 1.807) is 13.0 Å². The van der Waals surface area contributed by atoms with Gasteiger partial charge in [0.05, 0.1) is 0 Å². The van der Waals surface area contributed by atoms with Crippen molar-refractivity contribution < 1.29 is 38.5 Å². The van der Waals surface area contributed by atoms with E-state index < -0.39 is 30.1 Å². The lowest BCUT2D eigenvalue weighted by Gasteiger charge is -2.19. The maximum Gasteiger partial charge on any atom is 0.321 e. The molecule has 0 aromatic heterocycles. The van der Waals surface area contributed by atoms with Crippen LogP contribution < -0.4 is 14.8 Å². The number of rotatable bonds is 20. The molecule has 0 amide bonds. The predicted octanol–water partition coefficient (Wildman–Crippen LogP) is 5.37. The molecule has 1 aromatic carbocycles. The van der Waals surface area contributed by atoms with Gasteiger partial charge in [0.15, 0.2) is 11.5 Å². The summed E-state index contributed by atoms with van der Waals surface area (Å²) in [7, 11) is 0. The lowest BCUT2D eigenvalue weighted by molar-refractivity contribution is -0.148. The van der Waals surface area contributed by atoms with Gasteiger partial charge in [-0.2, -0.15) is 0 Å². The van der Waals surface area contributed by atoms with Gasteiger partial charge in [-0.3, -0.25) is 19.2 Å². The topological polar surface area (TPSA) is 128 Å². The van der Waals surface area contributed by atoms with Crippen molar-refractivity contribution in [1.29, 1.82) is 0 Å². The first-order valence-corrected chi connectivity index (χ1v) is 13.9. The minimum absolute atomic E-state index is 0.0803. The van der Waals surface area contributed by atoms with Crippen LogP contribution in [-0.2, 0) is 30.3 Å². The molecule has 0 spiro atoms. The molecule has 0 aliphatic carbocycles. The molecule has 214 valence electrons. The number of unbranched alkanes of at least 4 members (excludes halogenated alkanes) is 5. The lowest BCUT2D eigenvalue weighted by atomic mass is 10.0. The fourth-order valence-corrected chi connectivity index (χ4v) is 3.67. The third-order valence-corrected chi connectivity index (χ3v) is 5.88. The van der Waals surface area contributed by atoms with E-state index in [-0.39, 0.29) is 43.3 Å². The summed E-state index contributed by atoms with van der Waals surface area (Å²) < 4.78 is 16.3. The Morgan fingerprint density at radius 1 is 0.789 bits per heavy atom. The van der Waals surface area contributed by atoms with Crippen molar-refractivity contribution in [2.45, 2.75) is 117 Å². The number of esters is 3. The van der Waals surface area contributed by atoms with Crippen LogP contribution in [0.1, 0.15) is 104 Å². The molecule has 0 fully saturated rings. The number of hydrogen-bond acceptors (Lipinski definition) is 8. The molecule has 2 N–H and O–H groups in total. The van der Waals surface area contributed by atoms with Gasteiger partial charge >= 0.3 is 23.9 Å². The van der Waals surface area contributed by atoms with Gasteiger partial charge in [0.25, 0.3) is 0 Å². The fraction of sp³-hybridized carbons (Fsp3) is 0.655. The van der Waals surface area contributed by atoms with Crippen molar-refractivity contribution in [1.82, 2.24) is 5.32 Å². The zero-order valence-electron chi connectivity index (χ0n) is 23.4. The minimum atomic E-state index is -1.07. The number of aliphatic carboxylic acids is 1. The standard InChI is InChI=1S/C29H45NO8/c1-5-8-11-14-27(32)37-24-17-16-22(19-25(24)38-28(33)15-12-9-6-2)18-23(29(34)35)30-20-21(4)36-26(31)13-10-7-3/h16-17,19,21,23,30H,5-15,18,20H2,1-4H3,(H,34,35)/t21?,23-/m0/s1. The van der Waals surface area contributed by atoms with Gasteiger partial charge in [-0.25, -0.2) is 0 Å². The molecule has 0 heterocycles.